The number of likely N-dealkylation sites (tertiary alicyclic amines) is 1. The van der Waals surface area contributed by atoms with E-state index in [1.807, 2.05) is 24.3 Å². The lowest BCUT2D eigenvalue weighted by atomic mass is 9.83. The molecule has 1 aromatic carbocycles. The van der Waals surface area contributed by atoms with E-state index in [9.17, 15) is 4.79 Å². The molecule has 1 saturated heterocycles. The summed E-state index contributed by atoms with van der Waals surface area (Å²) in [6, 6.07) is 7.97. The molecule has 0 aliphatic carbocycles. The van der Waals surface area contributed by atoms with Crippen molar-refractivity contribution in [2.75, 3.05) is 7.05 Å². The van der Waals surface area contributed by atoms with Crippen LogP contribution < -0.4 is 0 Å². The van der Waals surface area contributed by atoms with Gasteiger partial charge in [-0.3, -0.25) is 9.69 Å². The predicted molar refractivity (Wildman–Crippen MR) is 77.5 cm³/mol. The molecule has 0 N–H and O–H groups in total. The molecule has 0 bridgehead atoms. The number of benzene rings is 1. The fourth-order valence-corrected chi connectivity index (χ4v) is 2.61. The van der Waals surface area contributed by atoms with E-state index < -0.39 is 0 Å². The van der Waals surface area contributed by atoms with Crippen LogP contribution in [0.4, 0.5) is 0 Å². The van der Waals surface area contributed by atoms with Gasteiger partial charge in [-0.2, -0.15) is 0 Å². The molecule has 1 heterocycles. The first-order chi connectivity index (χ1) is 7.90. The summed E-state index contributed by atoms with van der Waals surface area (Å²) in [6.45, 7) is 4.24. The maximum absolute atomic E-state index is 11.8. The van der Waals surface area contributed by atoms with Crippen LogP contribution >= 0.6 is 24.0 Å². The normalized spacial score (nSPS) is 23.6. The first-order valence-corrected chi connectivity index (χ1v) is 6.28. The topological polar surface area (TPSA) is 20.3 Å². The van der Waals surface area contributed by atoms with Crippen molar-refractivity contribution in [2.24, 2.45) is 0 Å². The molecule has 0 aromatic heterocycles. The highest BCUT2D eigenvalue weighted by molar-refractivity contribution is 6.30. The van der Waals surface area contributed by atoms with Crippen molar-refractivity contribution >= 4 is 29.8 Å². The molecule has 4 heteroatoms. The predicted octanol–water partition coefficient (Wildman–Crippen LogP) is 3.88. The van der Waals surface area contributed by atoms with Crippen molar-refractivity contribution in [1.29, 1.82) is 0 Å². The number of halogens is 2. The van der Waals surface area contributed by atoms with E-state index in [1.54, 1.807) is 0 Å². The Labute approximate surface area is 120 Å². The molecule has 18 heavy (non-hydrogen) atoms. The minimum absolute atomic E-state index is 0. The van der Waals surface area contributed by atoms with Gasteiger partial charge in [0, 0.05) is 29.4 Å². The molecule has 0 radical (unpaired) electrons. The number of rotatable bonds is 1. The standard InChI is InChI=1S/C14H18ClNO.ClH/c1-14(2)9-12(17)8-13(16(14)3)10-4-6-11(15)7-5-10;/h4-7,13H,8-9H2,1-3H3;1H. The lowest BCUT2D eigenvalue weighted by molar-refractivity contribution is -0.127. The summed E-state index contributed by atoms with van der Waals surface area (Å²) >= 11 is 5.89. The second-order valence-corrected chi connectivity index (χ2v) is 5.85. The molecular weight excluding hydrogens is 269 g/mol. The maximum atomic E-state index is 11.8. The number of piperidine rings is 1. The molecule has 0 amide bonds. The summed E-state index contributed by atoms with van der Waals surface area (Å²) in [5, 5.41) is 0.734. The number of ketones is 1. The van der Waals surface area contributed by atoms with Gasteiger partial charge in [0.2, 0.25) is 0 Å². The highest BCUT2D eigenvalue weighted by atomic mass is 35.5. The Hall–Kier alpha value is -0.570. The lowest BCUT2D eigenvalue weighted by Crippen LogP contribution is -2.49. The number of hydrogen-bond acceptors (Lipinski definition) is 2. The largest absolute Gasteiger partial charge is 0.300 e. The minimum Gasteiger partial charge on any atom is -0.300 e. The third-order valence-corrected chi connectivity index (χ3v) is 3.98. The maximum Gasteiger partial charge on any atom is 0.136 e. The monoisotopic (exact) mass is 287 g/mol. The summed E-state index contributed by atoms with van der Waals surface area (Å²) in [6.07, 6.45) is 1.23. The summed E-state index contributed by atoms with van der Waals surface area (Å²) < 4.78 is 0. The average Bonchev–Trinajstić information content (AvgIpc) is 2.24. The van der Waals surface area contributed by atoms with E-state index in [4.69, 9.17) is 11.6 Å². The van der Waals surface area contributed by atoms with Crippen LogP contribution in [0.5, 0.6) is 0 Å². The van der Waals surface area contributed by atoms with Crippen LogP contribution in [0.15, 0.2) is 24.3 Å². The third-order valence-electron chi connectivity index (χ3n) is 3.73. The molecule has 0 spiro atoms. The SMILES string of the molecule is CN1C(c2ccc(Cl)cc2)CC(=O)CC1(C)C.Cl. The van der Waals surface area contributed by atoms with Crippen LogP contribution in [-0.2, 0) is 4.79 Å². The van der Waals surface area contributed by atoms with E-state index >= 15 is 0 Å². The second-order valence-electron chi connectivity index (χ2n) is 5.41. The van der Waals surface area contributed by atoms with E-state index in [-0.39, 0.29) is 24.0 Å². The third kappa shape index (κ3) is 3.05. The molecule has 1 unspecified atom stereocenters. The van der Waals surface area contributed by atoms with Crippen LogP contribution in [0.2, 0.25) is 5.02 Å². The molecule has 1 atom stereocenters. The van der Waals surface area contributed by atoms with Gasteiger partial charge in [0.05, 0.1) is 0 Å². The van der Waals surface area contributed by atoms with Crippen LogP contribution in [0.25, 0.3) is 0 Å². The lowest BCUT2D eigenvalue weighted by Gasteiger charge is -2.45. The van der Waals surface area contributed by atoms with Crippen LogP contribution in [0, 0.1) is 0 Å². The molecule has 1 aliphatic heterocycles. The van der Waals surface area contributed by atoms with Gasteiger partial charge in [-0.05, 0) is 38.6 Å². The highest BCUT2D eigenvalue weighted by Crippen LogP contribution is 2.37. The van der Waals surface area contributed by atoms with Crippen molar-refractivity contribution in [2.45, 2.75) is 38.3 Å². The smallest absolute Gasteiger partial charge is 0.136 e. The molecule has 1 aliphatic rings. The van der Waals surface area contributed by atoms with Gasteiger partial charge >= 0.3 is 0 Å². The zero-order valence-electron chi connectivity index (χ0n) is 10.9. The Bertz CT molecular complexity index is 428. The number of carbonyl (C=O) groups excluding carboxylic acids is 1. The van der Waals surface area contributed by atoms with Crippen molar-refractivity contribution < 1.29 is 4.79 Å². The van der Waals surface area contributed by atoms with Gasteiger partial charge in [-0.15, -0.1) is 12.4 Å². The van der Waals surface area contributed by atoms with E-state index in [0.717, 1.165) is 10.6 Å². The average molecular weight is 288 g/mol. The fourth-order valence-electron chi connectivity index (χ4n) is 2.48. The molecular formula is C14H19Cl2NO. The van der Waals surface area contributed by atoms with E-state index in [1.165, 1.54) is 0 Å². The van der Waals surface area contributed by atoms with Gasteiger partial charge in [-0.1, -0.05) is 23.7 Å². The van der Waals surface area contributed by atoms with Crippen molar-refractivity contribution in [3.63, 3.8) is 0 Å². The molecule has 2 nitrogen and oxygen atoms in total. The minimum atomic E-state index is -0.0698. The van der Waals surface area contributed by atoms with Gasteiger partial charge in [0.25, 0.3) is 0 Å². The summed E-state index contributed by atoms with van der Waals surface area (Å²) in [5.74, 6) is 0.341. The number of hydrogen-bond donors (Lipinski definition) is 0. The van der Waals surface area contributed by atoms with Crippen molar-refractivity contribution in [3.8, 4) is 0 Å². The fraction of sp³-hybridized carbons (Fsp3) is 0.500. The zero-order valence-corrected chi connectivity index (χ0v) is 12.5. The molecule has 100 valence electrons. The van der Waals surface area contributed by atoms with Crippen LogP contribution in [0.1, 0.15) is 38.3 Å². The highest BCUT2D eigenvalue weighted by Gasteiger charge is 2.38. The van der Waals surface area contributed by atoms with Gasteiger partial charge in [0.15, 0.2) is 0 Å². The Morgan fingerprint density at radius 2 is 1.83 bits per heavy atom. The Morgan fingerprint density at radius 1 is 1.28 bits per heavy atom. The Balaban J connectivity index is 0.00000162. The van der Waals surface area contributed by atoms with E-state index in [0.29, 0.717) is 18.6 Å². The summed E-state index contributed by atoms with van der Waals surface area (Å²) in [7, 11) is 2.09. The first-order valence-electron chi connectivity index (χ1n) is 5.90. The Kier molecular flexibility index (Phi) is 4.82. The molecule has 2 rings (SSSR count). The van der Waals surface area contributed by atoms with Crippen LogP contribution in [0.3, 0.4) is 0 Å². The number of nitrogens with zero attached hydrogens (tertiary/aromatic N) is 1. The van der Waals surface area contributed by atoms with Gasteiger partial charge < -0.3 is 0 Å². The van der Waals surface area contributed by atoms with E-state index in [2.05, 4.69) is 25.8 Å². The number of carbonyl (C=O) groups is 1. The first kappa shape index (κ1) is 15.5. The Morgan fingerprint density at radius 3 is 2.39 bits per heavy atom. The summed E-state index contributed by atoms with van der Waals surface area (Å²) in [4.78, 5) is 14.1. The van der Waals surface area contributed by atoms with Crippen molar-refractivity contribution in [3.05, 3.63) is 34.9 Å². The molecule has 1 aromatic rings. The van der Waals surface area contributed by atoms with Gasteiger partial charge in [-0.25, -0.2) is 0 Å². The summed E-state index contributed by atoms with van der Waals surface area (Å²) in [5.41, 5.74) is 1.10. The molecule has 1 fully saturated rings. The molecule has 0 saturated carbocycles. The van der Waals surface area contributed by atoms with Crippen molar-refractivity contribution in [1.82, 2.24) is 4.90 Å². The quantitative estimate of drug-likeness (QED) is 0.781. The second kappa shape index (κ2) is 5.60. The zero-order chi connectivity index (χ0) is 12.6. The van der Waals surface area contributed by atoms with Gasteiger partial charge in [0.1, 0.15) is 5.78 Å². The van der Waals surface area contributed by atoms with Crippen LogP contribution in [-0.4, -0.2) is 23.3 Å². The number of Topliss-reactive ketones (excluding diaryl/α,β-unsaturated/α-hetero) is 1.